The maximum atomic E-state index is 5.36. The third kappa shape index (κ3) is 0.859. The standard InChI is InChI=1S/C5H6BN/c1-7-3-2-5(6)4-7/h2-4H,1H3. The van der Waals surface area contributed by atoms with Gasteiger partial charge >= 0.3 is 0 Å². The van der Waals surface area contributed by atoms with Crippen molar-refractivity contribution in [1.29, 1.82) is 0 Å². The van der Waals surface area contributed by atoms with Crippen molar-refractivity contribution in [3.8, 4) is 0 Å². The predicted molar refractivity (Wildman–Crippen MR) is 30.8 cm³/mol. The average molecular weight is 90.9 g/mol. The van der Waals surface area contributed by atoms with Crippen molar-refractivity contribution < 1.29 is 0 Å². The zero-order chi connectivity index (χ0) is 5.28. The van der Waals surface area contributed by atoms with E-state index >= 15 is 0 Å². The summed E-state index contributed by atoms with van der Waals surface area (Å²) in [5.41, 5.74) is 0.822. The van der Waals surface area contributed by atoms with Gasteiger partial charge in [-0.15, -0.1) is 0 Å². The van der Waals surface area contributed by atoms with Gasteiger partial charge < -0.3 is 4.57 Å². The van der Waals surface area contributed by atoms with E-state index in [1.54, 1.807) is 0 Å². The highest BCUT2D eigenvalue weighted by Crippen LogP contribution is 1.76. The van der Waals surface area contributed by atoms with Gasteiger partial charge in [-0.1, -0.05) is 11.5 Å². The van der Waals surface area contributed by atoms with Gasteiger partial charge in [0.15, 0.2) is 0 Å². The fourth-order valence-corrected chi connectivity index (χ4v) is 0.525. The molecule has 1 aromatic heterocycles. The Morgan fingerprint density at radius 1 is 1.71 bits per heavy atom. The number of aromatic nitrogens is 1. The lowest BCUT2D eigenvalue weighted by atomic mass is 10.0. The maximum absolute atomic E-state index is 5.36. The quantitative estimate of drug-likeness (QED) is 0.390. The van der Waals surface area contributed by atoms with E-state index in [1.165, 1.54) is 0 Å². The molecule has 1 aromatic rings. The largest absolute Gasteiger partial charge is 0.358 e. The number of hydrogen-bond donors (Lipinski definition) is 0. The monoisotopic (exact) mass is 91.1 g/mol. The van der Waals surface area contributed by atoms with Crippen LogP contribution in [0.1, 0.15) is 0 Å². The van der Waals surface area contributed by atoms with Crippen LogP contribution < -0.4 is 5.46 Å². The van der Waals surface area contributed by atoms with Crippen LogP contribution in [0.2, 0.25) is 0 Å². The van der Waals surface area contributed by atoms with Gasteiger partial charge in [-0.2, -0.15) is 0 Å². The molecule has 0 aromatic carbocycles. The third-order valence-electron chi connectivity index (χ3n) is 0.855. The smallest absolute Gasteiger partial charge is 0.115 e. The first-order valence-electron chi connectivity index (χ1n) is 2.16. The molecule has 0 aliphatic rings. The molecule has 0 spiro atoms. The highest BCUT2D eigenvalue weighted by Gasteiger charge is 1.79. The van der Waals surface area contributed by atoms with Gasteiger partial charge in [0, 0.05) is 13.2 Å². The molecule has 0 fully saturated rings. The highest BCUT2D eigenvalue weighted by atomic mass is 14.9. The van der Waals surface area contributed by atoms with Crippen LogP contribution in [0.3, 0.4) is 0 Å². The van der Waals surface area contributed by atoms with Gasteiger partial charge in [0.25, 0.3) is 0 Å². The van der Waals surface area contributed by atoms with Crippen molar-refractivity contribution in [2.45, 2.75) is 0 Å². The van der Waals surface area contributed by atoms with E-state index in [0.717, 1.165) is 5.46 Å². The first-order chi connectivity index (χ1) is 3.29. The van der Waals surface area contributed by atoms with Crippen LogP contribution in [0.25, 0.3) is 0 Å². The number of rotatable bonds is 0. The molecule has 2 radical (unpaired) electrons. The van der Waals surface area contributed by atoms with Crippen molar-refractivity contribution in [2.24, 2.45) is 7.05 Å². The number of nitrogens with zero attached hydrogens (tertiary/aromatic N) is 1. The number of aryl methyl sites for hydroxylation is 1. The van der Waals surface area contributed by atoms with E-state index in [9.17, 15) is 0 Å². The summed E-state index contributed by atoms with van der Waals surface area (Å²) < 4.78 is 1.91. The Bertz CT molecular complexity index is 140. The van der Waals surface area contributed by atoms with Gasteiger partial charge in [0.05, 0.1) is 0 Å². The van der Waals surface area contributed by atoms with Gasteiger partial charge in [0.2, 0.25) is 0 Å². The van der Waals surface area contributed by atoms with E-state index in [1.807, 2.05) is 30.1 Å². The fraction of sp³-hybridized carbons (Fsp3) is 0.200. The Labute approximate surface area is 44.4 Å². The van der Waals surface area contributed by atoms with Crippen molar-refractivity contribution in [1.82, 2.24) is 4.57 Å². The molecule has 0 unspecified atom stereocenters. The molecular formula is C5H6BN. The van der Waals surface area contributed by atoms with Gasteiger partial charge in [0.1, 0.15) is 7.85 Å². The molecule has 0 aliphatic heterocycles. The van der Waals surface area contributed by atoms with E-state index in [0.29, 0.717) is 0 Å². The molecular weight excluding hydrogens is 84.9 g/mol. The van der Waals surface area contributed by atoms with Crippen molar-refractivity contribution in [3.05, 3.63) is 18.5 Å². The summed E-state index contributed by atoms with van der Waals surface area (Å²) in [5, 5.41) is 0. The molecule has 2 heteroatoms. The SMILES string of the molecule is [B]c1ccn(C)c1. The van der Waals surface area contributed by atoms with Crippen LogP contribution in [0.5, 0.6) is 0 Å². The molecule has 0 aliphatic carbocycles. The average Bonchev–Trinajstić information content (AvgIpc) is 1.87. The van der Waals surface area contributed by atoms with E-state index in [4.69, 9.17) is 7.85 Å². The number of hydrogen-bond acceptors (Lipinski definition) is 0. The molecule has 34 valence electrons. The minimum absolute atomic E-state index is 0.822. The molecule has 1 rings (SSSR count). The zero-order valence-electron chi connectivity index (χ0n) is 4.26. The Kier molecular flexibility index (Phi) is 0.932. The van der Waals surface area contributed by atoms with Crippen LogP contribution in [-0.2, 0) is 7.05 Å². The summed E-state index contributed by atoms with van der Waals surface area (Å²) in [5.74, 6) is 0. The Hall–Kier alpha value is -0.655. The van der Waals surface area contributed by atoms with E-state index in [-0.39, 0.29) is 0 Å². The van der Waals surface area contributed by atoms with Crippen molar-refractivity contribution in [2.75, 3.05) is 0 Å². The molecule has 0 amide bonds. The summed E-state index contributed by atoms with van der Waals surface area (Å²) in [6, 6.07) is 1.86. The molecule has 0 saturated heterocycles. The second kappa shape index (κ2) is 1.45. The predicted octanol–water partition coefficient (Wildman–Crippen LogP) is -0.181. The summed E-state index contributed by atoms with van der Waals surface area (Å²) in [6.07, 6.45) is 3.77. The first kappa shape index (κ1) is 4.50. The minimum Gasteiger partial charge on any atom is -0.358 e. The second-order valence-corrected chi connectivity index (χ2v) is 1.61. The van der Waals surface area contributed by atoms with Crippen molar-refractivity contribution >= 4 is 13.3 Å². The lowest BCUT2D eigenvalue weighted by Gasteiger charge is -1.81. The third-order valence-corrected chi connectivity index (χ3v) is 0.855. The highest BCUT2D eigenvalue weighted by molar-refractivity contribution is 6.32. The second-order valence-electron chi connectivity index (χ2n) is 1.61. The lowest BCUT2D eigenvalue weighted by molar-refractivity contribution is 0.930. The summed E-state index contributed by atoms with van der Waals surface area (Å²) in [6.45, 7) is 0. The van der Waals surface area contributed by atoms with E-state index < -0.39 is 0 Å². The summed E-state index contributed by atoms with van der Waals surface area (Å²) in [4.78, 5) is 0. The van der Waals surface area contributed by atoms with Crippen LogP contribution in [0, 0.1) is 0 Å². The van der Waals surface area contributed by atoms with Crippen LogP contribution >= 0.6 is 0 Å². The van der Waals surface area contributed by atoms with Crippen LogP contribution in [0.15, 0.2) is 18.5 Å². The molecule has 1 nitrogen and oxygen atoms in total. The minimum atomic E-state index is 0.822. The van der Waals surface area contributed by atoms with Crippen LogP contribution in [-0.4, -0.2) is 12.4 Å². The van der Waals surface area contributed by atoms with E-state index in [2.05, 4.69) is 0 Å². The summed E-state index contributed by atoms with van der Waals surface area (Å²) in [7, 11) is 7.30. The first-order valence-corrected chi connectivity index (χ1v) is 2.16. The molecule has 0 saturated carbocycles. The Balaban J connectivity index is 3.04. The Morgan fingerprint density at radius 3 is 2.57 bits per heavy atom. The molecule has 1 heterocycles. The van der Waals surface area contributed by atoms with Gasteiger partial charge in [-0.25, -0.2) is 0 Å². The molecule has 0 atom stereocenters. The fourth-order valence-electron chi connectivity index (χ4n) is 0.525. The normalized spacial score (nSPS) is 9.29. The van der Waals surface area contributed by atoms with Crippen molar-refractivity contribution in [3.63, 3.8) is 0 Å². The molecule has 0 bridgehead atoms. The maximum Gasteiger partial charge on any atom is 0.115 e. The van der Waals surface area contributed by atoms with Gasteiger partial charge in [-0.3, -0.25) is 0 Å². The molecule has 0 N–H and O–H groups in total. The Morgan fingerprint density at radius 2 is 2.43 bits per heavy atom. The summed E-state index contributed by atoms with van der Waals surface area (Å²) >= 11 is 0. The van der Waals surface area contributed by atoms with Gasteiger partial charge in [-0.05, 0) is 6.20 Å². The molecule has 7 heavy (non-hydrogen) atoms. The zero-order valence-corrected chi connectivity index (χ0v) is 4.26. The van der Waals surface area contributed by atoms with Crippen LogP contribution in [0.4, 0.5) is 0 Å². The topological polar surface area (TPSA) is 4.93 Å². The lowest BCUT2D eigenvalue weighted by Crippen LogP contribution is -1.95.